The van der Waals surface area contributed by atoms with Gasteiger partial charge in [0.15, 0.2) is 5.76 Å². The van der Waals surface area contributed by atoms with E-state index in [9.17, 15) is 9.59 Å². The van der Waals surface area contributed by atoms with Crippen molar-refractivity contribution in [2.45, 2.75) is 0 Å². The van der Waals surface area contributed by atoms with Crippen LogP contribution in [0.5, 0.6) is 5.75 Å². The van der Waals surface area contributed by atoms with Gasteiger partial charge in [-0.05, 0) is 66.2 Å². The van der Waals surface area contributed by atoms with Gasteiger partial charge in [-0.2, -0.15) is 0 Å². The second kappa shape index (κ2) is 8.92. The molecule has 3 aromatic carbocycles. The van der Waals surface area contributed by atoms with E-state index in [1.807, 2.05) is 24.3 Å². The van der Waals surface area contributed by atoms with Crippen LogP contribution >= 0.6 is 11.6 Å². The summed E-state index contributed by atoms with van der Waals surface area (Å²) in [7, 11) is 1.50. The first-order valence-electron chi connectivity index (χ1n) is 10.4. The third kappa shape index (κ3) is 4.19. The third-order valence-corrected chi connectivity index (χ3v) is 5.61. The van der Waals surface area contributed by atoms with Gasteiger partial charge in [0.2, 0.25) is 0 Å². The van der Waals surface area contributed by atoms with E-state index < -0.39 is 11.5 Å². The third-order valence-electron chi connectivity index (χ3n) is 5.36. The second-order valence-corrected chi connectivity index (χ2v) is 7.96. The van der Waals surface area contributed by atoms with Crippen LogP contribution in [0.1, 0.15) is 10.6 Å². The summed E-state index contributed by atoms with van der Waals surface area (Å²) in [4.78, 5) is 25.5. The maximum absolute atomic E-state index is 12.9. The van der Waals surface area contributed by atoms with Crippen molar-refractivity contribution >= 4 is 34.2 Å². The van der Waals surface area contributed by atoms with Crippen molar-refractivity contribution in [3.8, 4) is 28.2 Å². The molecule has 0 saturated carbocycles. The minimum Gasteiger partial charge on any atom is -0.495 e. The van der Waals surface area contributed by atoms with Gasteiger partial charge in [0, 0.05) is 16.0 Å². The average molecular weight is 472 g/mol. The van der Waals surface area contributed by atoms with E-state index in [-0.39, 0.29) is 5.76 Å². The van der Waals surface area contributed by atoms with Crippen molar-refractivity contribution in [2.24, 2.45) is 0 Å². The Bertz CT molecular complexity index is 1570. The molecule has 0 radical (unpaired) electrons. The highest BCUT2D eigenvalue weighted by molar-refractivity contribution is 6.30. The fraction of sp³-hybridized carbons (Fsp3) is 0.0370. The zero-order chi connectivity index (χ0) is 23.7. The predicted molar refractivity (Wildman–Crippen MR) is 132 cm³/mol. The summed E-state index contributed by atoms with van der Waals surface area (Å²) in [5.41, 5.74) is 2.18. The lowest BCUT2D eigenvalue weighted by atomic mass is 10.0. The summed E-state index contributed by atoms with van der Waals surface area (Å²) in [5.74, 6) is 0.645. The van der Waals surface area contributed by atoms with Crippen LogP contribution in [0.25, 0.3) is 33.4 Å². The minimum atomic E-state index is -0.472. The number of furan rings is 1. The Kier molecular flexibility index (Phi) is 5.65. The number of hydrogen-bond acceptors (Lipinski definition) is 5. The molecule has 7 heteroatoms. The molecule has 0 aliphatic carbocycles. The normalized spacial score (nSPS) is 10.9. The lowest BCUT2D eigenvalue weighted by Crippen LogP contribution is -2.12. The molecule has 2 heterocycles. The zero-order valence-corrected chi connectivity index (χ0v) is 18.8. The smallest absolute Gasteiger partial charge is 0.344 e. The zero-order valence-electron chi connectivity index (χ0n) is 18.0. The second-order valence-electron chi connectivity index (χ2n) is 7.53. The molecular formula is C27H18ClNO5. The van der Waals surface area contributed by atoms with Gasteiger partial charge >= 0.3 is 5.63 Å². The van der Waals surface area contributed by atoms with E-state index in [0.29, 0.717) is 38.9 Å². The lowest BCUT2D eigenvalue weighted by molar-refractivity contribution is 0.0997. The van der Waals surface area contributed by atoms with Gasteiger partial charge in [-0.15, -0.1) is 0 Å². The number of rotatable bonds is 5. The molecule has 2 aromatic heterocycles. The first-order valence-corrected chi connectivity index (χ1v) is 10.8. The quantitative estimate of drug-likeness (QED) is 0.291. The minimum absolute atomic E-state index is 0.127. The topological polar surface area (TPSA) is 81.7 Å². The van der Waals surface area contributed by atoms with Gasteiger partial charge in [-0.3, -0.25) is 4.79 Å². The molecule has 5 rings (SSSR count). The summed E-state index contributed by atoms with van der Waals surface area (Å²) in [6, 6.07) is 24.5. The summed E-state index contributed by atoms with van der Waals surface area (Å²) < 4.78 is 16.6. The Labute approximate surface area is 199 Å². The molecule has 1 N–H and O–H groups in total. The van der Waals surface area contributed by atoms with Crippen molar-refractivity contribution in [1.82, 2.24) is 0 Å². The number of amides is 1. The van der Waals surface area contributed by atoms with Crippen molar-refractivity contribution < 1.29 is 18.4 Å². The van der Waals surface area contributed by atoms with E-state index in [1.165, 1.54) is 7.11 Å². The van der Waals surface area contributed by atoms with Gasteiger partial charge in [0.1, 0.15) is 17.1 Å². The van der Waals surface area contributed by atoms with Gasteiger partial charge < -0.3 is 18.9 Å². The van der Waals surface area contributed by atoms with Gasteiger partial charge in [0.05, 0.1) is 18.4 Å². The fourth-order valence-corrected chi connectivity index (χ4v) is 3.78. The Hall–Kier alpha value is -4.29. The number of ether oxygens (including phenoxy) is 1. The lowest BCUT2D eigenvalue weighted by Gasteiger charge is -2.11. The van der Waals surface area contributed by atoms with Crippen LogP contribution in [-0.2, 0) is 0 Å². The van der Waals surface area contributed by atoms with Crippen molar-refractivity contribution in [2.75, 3.05) is 12.4 Å². The SMILES string of the molecule is COc1ccc(-c2cc3ccccc3oc2=O)cc1NC(=O)c1ccc(-c2ccc(Cl)cc2)o1. The first kappa shape index (κ1) is 21.6. The molecule has 0 unspecified atom stereocenters. The molecule has 6 nitrogen and oxygen atoms in total. The molecule has 0 aliphatic rings. The number of methoxy groups -OCH3 is 1. The van der Waals surface area contributed by atoms with Crippen LogP contribution in [-0.4, -0.2) is 13.0 Å². The Morgan fingerprint density at radius 3 is 2.44 bits per heavy atom. The van der Waals surface area contributed by atoms with Crippen LogP contribution in [0.15, 0.2) is 98.6 Å². The first-order chi connectivity index (χ1) is 16.5. The summed E-state index contributed by atoms with van der Waals surface area (Å²) in [5, 5.41) is 4.21. The summed E-state index contributed by atoms with van der Waals surface area (Å²) in [6.45, 7) is 0. The molecule has 0 spiro atoms. The molecule has 168 valence electrons. The van der Waals surface area contributed by atoms with Crippen LogP contribution in [0.3, 0.4) is 0 Å². The predicted octanol–water partition coefficient (Wildman–Crippen LogP) is 6.63. The van der Waals surface area contributed by atoms with Crippen LogP contribution in [0, 0.1) is 0 Å². The molecular weight excluding hydrogens is 454 g/mol. The number of benzene rings is 3. The number of hydrogen-bond donors (Lipinski definition) is 1. The van der Waals surface area contributed by atoms with E-state index in [4.69, 9.17) is 25.2 Å². The Balaban J connectivity index is 1.46. The molecule has 1 amide bonds. The van der Waals surface area contributed by atoms with Gasteiger partial charge in [0.25, 0.3) is 5.91 Å². The van der Waals surface area contributed by atoms with E-state index >= 15 is 0 Å². The highest BCUT2D eigenvalue weighted by atomic mass is 35.5. The number of nitrogens with one attached hydrogen (secondary N) is 1. The molecule has 0 atom stereocenters. The number of halogens is 1. The maximum Gasteiger partial charge on any atom is 0.344 e. The number of carbonyl (C=O) groups is 1. The molecule has 0 saturated heterocycles. The van der Waals surface area contributed by atoms with Gasteiger partial charge in [-0.1, -0.05) is 35.9 Å². The van der Waals surface area contributed by atoms with Gasteiger partial charge in [-0.25, -0.2) is 4.79 Å². The van der Waals surface area contributed by atoms with E-state index in [0.717, 1.165) is 10.9 Å². The molecule has 0 bridgehead atoms. The number of anilines is 1. The molecule has 34 heavy (non-hydrogen) atoms. The largest absolute Gasteiger partial charge is 0.495 e. The Morgan fingerprint density at radius 2 is 1.65 bits per heavy atom. The summed E-state index contributed by atoms with van der Waals surface area (Å²) >= 11 is 5.94. The number of para-hydroxylation sites is 1. The van der Waals surface area contributed by atoms with Crippen molar-refractivity contribution in [1.29, 1.82) is 0 Å². The van der Waals surface area contributed by atoms with E-state index in [1.54, 1.807) is 60.7 Å². The Morgan fingerprint density at radius 1 is 0.882 bits per heavy atom. The maximum atomic E-state index is 12.9. The van der Waals surface area contributed by atoms with E-state index in [2.05, 4.69) is 5.32 Å². The molecule has 5 aromatic rings. The van der Waals surface area contributed by atoms with Crippen LogP contribution in [0.4, 0.5) is 5.69 Å². The molecule has 0 aliphatic heterocycles. The highest BCUT2D eigenvalue weighted by Crippen LogP contribution is 2.31. The summed E-state index contributed by atoms with van der Waals surface area (Å²) in [6.07, 6.45) is 0. The number of fused-ring (bicyclic) bond motifs is 1. The fourth-order valence-electron chi connectivity index (χ4n) is 3.65. The van der Waals surface area contributed by atoms with Crippen molar-refractivity contribution in [3.63, 3.8) is 0 Å². The monoisotopic (exact) mass is 471 g/mol. The van der Waals surface area contributed by atoms with Crippen LogP contribution in [0.2, 0.25) is 5.02 Å². The average Bonchev–Trinajstić information content (AvgIpc) is 3.34. The number of carbonyl (C=O) groups excluding carboxylic acids is 1. The standard InChI is InChI=1S/C27H18ClNO5/c1-32-24-11-8-17(20-14-18-4-2-3-5-22(18)34-27(20)31)15-21(24)29-26(30)25-13-12-23(33-25)16-6-9-19(28)10-7-16/h2-15H,1H3,(H,29,30). The van der Waals surface area contributed by atoms with Crippen molar-refractivity contribution in [3.05, 3.63) is 106 Å². The molecule has 0 fully saturated rings. The highest BCUT2D eigenvalue weighted by Gasteiger charge is 2.17. The van der Waals surface area contributed by atoms with Crippen LogP contribution < -0.4 is 15.7 Å².